The smallest absolute Gasteiger partial charge is 0.326 e. The van der Waals surface area contributed by atoms with E-state index in [2.05, 4.69) is 10.6 Å². The lowest BCUT2D eigenvalue weighted by Crippen LogP contribution is -2.47. The first-order valence-electron chi connectivity index (χ1n) is 6.00. The summed E-state index contributed by atoms with van der Waals surface area (Å²) in [6.07, 6.45) is 0.0208. The zero-order valence-electron chi connectivity index (χ0n) is 11.0. The molecule has 3 N–H and O–H groups in total. The maximum atomic E-state index is 11.8. The van der Waals surface area contributed by atoms with Crippen LogP contribution in [0.1, 0.15) is 13.3 Å². The fraction of sp³-hybridized carbons (Fsp3) is 0.727. The van der Waals surface area contributed by atoms with Crippen LogP contribution in [0.4, 0.5) is 4.79 Å². The standard InChI is InChI=1S/C11H19N3O5/c1-7(15)12-3-4-13-11(18)14-6-8(19-2)5-9(14)10(16)17/h8-9H,3-6H2,1-2H3,(H,12,15)(H,13,18)(H,16,17). The van der Waals surface area contributed by atoms with Crippen LogP contribution in [-0.2, 0) is 14.3 Å². The molecule has 1 heterocycles. The van der Waals surface area contributed by atoms with Crippen molar-refractivity contribution < 1.29 is 24.2 Å². The summed E-state index contributed by atoms with van der Waals surface area (Å²) in [7, 11) is 1.49. The zero-order chi connectivity index (χ0) is 14.4. The Bertz CT molecular complexity index is 360. The monoisotopic (exact) mass is 273 g/mol. The number of carbonyl (C=O) groups excluding carboxylic acids is 2. The van der Waals surface area contributed by atoms with Crippen molar-refractivity contribution in [3.8, 4) is 0 Å². The number of carboxylic acids is 1. The number of aliphatic carboxylic acids is 1. The molecule has 19 heavy (non-hydrogen) atoms. The van der Waals surface area contributed by atoms with Crippen molar-refractivity contribution in [3.63, 3.8) is 0 Å². The lowest BCUT2D eigenvalue weighted by atomic mass is 10.2. The third-order valence-corrected chi connectivity index (χ3v) is 2.92. The van der Waals surface area contributed by atoms with E-state index < -0.39 is 18.0 Å². The van der Waals surface area contributed by atoms with Gasteiger partial charge in [0.25, 0.3) is 0 Å². The van der Waals surface area contributed by atoms with Gasteiger partial charge in [0, 0.05) is 40.1 Å². The summed E-state index contributed by atoms with van der Waals surface area (Å²) in [5.74, 6) is -1.23. The van der Waals surface area contributed by atoms with E-state index in [-0.39, 0.29) is 31.5 Å². The first kappa shape index (κ1) is 15.2. The molecule has 0 radical (unpaired) electrons. The molecule has 8 nitrogen and oxygen atoms in total. The number of nitrogens with zero attached hydrogens (tertiary/aromatic N) is 1. The highest BCUT2D eigenvalue weighted by atomic mass is 16.5. The van der Waals surface area contributed by atoms with Crippen molar-refractivity contribution >= 4 is 17.9 Å². The largest absolute Gasteiger partial charge is 0.480 e. The Labute approximate surface area is 111 Å². The maximum absolute atomic E-state index is 11.8. The van der Waals surface area contributed by atoms with Crippen molar-refractivity contribution in [2.24, 2.45) is 0 Å². The molecule has 1 aliphatic rings. The van der Waals surface area contributed by atoms with E-state index in [4.69, 9.17) is 9.84 Å². The molecule has 2 unspecified atom stereocenters. The molecular weight excluding hydrogens is 254 g/mol. The van der Waals surface area contributed by atoms with Crippen LogP contribution in [0.25, 0.3) is 0 Å². The molecule has 108 valence electrons. The van der Waals surface area contributed by atoms with Gasteiger partial charge in [-0.15, -0.1) is 0 Å². The highest BCUT2D eigenvalue weighted by molar-refractivity contribution is 5.83. The molecule has 0 aromatic carbocycles. The van der Waals surface area contributed by atoms with Crippen molar-refractivity contribution in [3.05, 3.63) is 0 Å². The Morgan fingerprint density at radius 1 is 1.32 bits per heavy atom. The molecule has 0 spiro atoms. The minimum Gasteiger partial charge on any atom is -0.480 e. The number of amides is 3. The van der Waals surface area contributed by atoms with Gasteiger partial charge in [-0.2, -0.15) is 0 Å². The van der Waals surface area contributed by atoms with Crippen LogP contribution in [0.2, 0.25) is 0 Å². The number of rotatable bonds is 5. The second-order valence-electron chi connectivity index (χ2n) is 4.31. The maximum Gasteiger partial charge on any atom is 0.326 e. The average Bonchev–Trinajstić information content (AvgIpc) is 2.78. The Morgan fingerprint density at radius 3 is 2.47 bits per heavy atom. The van der Waals surface area contributed by atoms with Crippen LogP contribution >= 0.6 is 0 Å². The summed E-state index contributed by atoms with van der Waals surface area (Å²) in [5.41, 5.74) is 0. The van der Waals surface area contributed by atoms with Crippen LogP contribution in [0.15, 0.2) is 0 Å². The number of methoxy groups -OCH3 is 1. The highest BCUT2D eigenvalue weighted by Gasteiger charge is 2.39. The normalized spacial score (nSPS) is 22.1. The van der Waals surface area contributed by atoms with Crippen molar-refractivity contribution in [1.82, 2.24) is 15.5 Å². The number of carbonyl (C=O) groups is 3. The second-order valence-corrected chi connectivity index (χ2v) is 4.31. The molecular formula is C11H19N3O5. The van der Waals surface area contributed by atoms with E-state index in [0.717, 1.165) is 0 Å². The van der Waals surface area contributed by atoms with Gasteiger partial charge in [-0.05, 0) is 0 Å². The fourth-order valence-electron chi connectivity index (χ4n) is 1.94. The van der Waals surface area contributed by atoms with Crippen LogP contribution < -0.4 is 10.6 Å². The molecule has 0 bridgehead atoms. The Kier molecular flexibility index (Phi) is 5.56. The van der Waals surface area contributed by atoms with Gasteiger partial charge >= 0.3 is 12.0 Å². The van der Waals surface area contributed by atoms with Gasteiger partial charge in [0.15, 0.2) is 0 Å². The number of nitrogens with one attached hydrogen (secondary N) is 2. The molecule has 0 aromatic rings. The van der Waals surface area contributed by atoms with Gasteiger partial charge in [0.1, 0.15) is 6.04 Å². The van der Waals surface area contributed by atoms with E-state index in [0.29, 0.717) is 6.54 Å². The minimum atomic E-state index is -1.04. The minimum absolute atomic E-state index is 0.182. The summed E-state index contributed by atoms with van der Waals surface area (Å²) in [4.78, 5) is 34.8. The molecule has 2 atom stereocenters. The van der Waals surface area contributed by atoms with E-state index in [1.807, 2.05) is 0 Å². The molecule has 0 aliphatic carbocycles. The predicted octanol–water partition coefficient (Wildman–Crippen LogP) is -0.994. The lowest BCUT2D eigenvalue weighted by molar-refractivity contribution is -0.141. The summed E-state index contributed by atoms with van der Waals surface area (Å²) < 4.78 is 5.09. The quantitative estimate of drug-likeness (QED) is 0.557. The predicted molar refractivity (Wildman–Crippen MR) is 65.6 cm³/mol. The SMILES string of the molecule is COC1CC(C(=O)O)N(C(=O)NCCNC(C)=O)C1. The van der Waals surface area contributed by atoms with Gasteiger partial charge in [-0.3, -0.25) is 4.79 Å². The summed E-state index contributed by atoms with van der Waals surface area (Å²) in [5, 5.41) is 14.2. The topological polar surface area (TPSA) is 108 Å². The van der Waals surface area contributed by atoms with Gasteiger partial charge in [-0.25, -0.2) is 9.59 Å². The number of urea groups is 1. The molecule has 1 rings (SSSR count). The molecule has 1 fully saturated rings. The number of carboxylic acid groups (broad SMARTS) is 1. The van der Waals surface area contributed by atoms with Crippen LogP contribution in [0, 0.1) is 0 Å². The summed E-state index contributed by atoms with van der Waals surface area (Å²) in [6, 6.07) is -1.33. The Hall–Kier alpha value is -1.83. The van der Waals surface area contributed by atoms with Gasteiger partial charge < -0.3 is 25.4 Å². The van der Waals surface area contributed by atoms with E-state index >= 15 is 0 Å². The van der Waals surface area contributed by atoms with E-state index in [1.54, 1.807) is 0 Å². The fourth-order valence-corrected chi connectivity index (χ4v) is 1.94. The molecule has 0 saturated carbocycles. The first-order valence-corrected chi connectivity index (χ1v) is 6.00. The van der Waals surface area contributed by atoms with Gasteiger partial charge in [-0.1, -0.05) is 0 Å². The van der Waals surface area contributed by atoms with E-state index in [9.17, 15) is 14.4 Å². The van der Waals surface area contributed by atoms with Crippen molar-refractivity contribution in [2.75, 3.05) is 26.7 Å². The lowest BCUT2D eigenvalue weighted by Gasteiger charge is -2.21. The van der Waals surface area contributed by atoms with Crippen molar-refractivity contribution in [2.45, 2.75) is 25.5 Å². The molecule has 3 amide bonds. The Balaban J connectivity index is 2.45. The molecule has 8 heteroatoms. The number of hydrogen-bond acceptors (Lipinski definition) is 4. The summed E-state index contributed by atoms with van der Waals surface area (Å²) in [6.45, 7) is 2.19. The molecule has 1 saturated heterocycles. The van der Waals surface area contributed by atoms with Crippen LogP contribution in [0.3, 0.4) is 0 Å². The first-order chi connectivity index (χ1) is 8.95. The number of likely N-dealkylation sites (tertiary alicyclic amines) is 1. The number of hydrogen-bond donors (Lipinski definition) is 3. The molecule has 1 aliphatic heterocycles. The van der Waals surface area contributed by atoms with Crippen LogP contribution in [-0.4, -0.2) is 66.8 Å². The Morgan fingerprint density at radius 2 is 1.95 bits per heavy atom. The zero-order valence-corrected chi connectivity index (χ0v) is 11.0. The van der Waals surface area contributed by atoms with Crippen LogP contribution in [0.5, 0.6) is 0 Å². The van der Waals surface area contributed by atoms with E-state index in [1.165, 1.54) is 18.9 Å². The van der Waals surface area contributed by atoms with Gasteiger partial charge in [0.05, 0.1) is 6.10 Å². The van der Waals surface area contributed by atoms with Gasteiger partial charge in [0.2, 0.25) is 5.91 Å². The average molecular weight is 273 g/mol. The third-order valence-electron chi connectivity index (χ3n) is 2.92. The molecule has 0 aromatic heterocycles. The summed E-state index contributed by atoms with van der Waals surface area (Å²) >= 11 is 0. The van der Waals surface area contributed by atoms with Crippen molar-refractivity contribution in [1.29, 1.82) is 0 Å². The second kappa shape index (κ2) is 6.93. The highest BCUT2D eigenvalue weighted by Crippen LogP contribution is 2.20. The number of ether oxygens (including phenoxy) is 1. The third kappa shape index (κ3) is 4.40.